The zero-order valence-corrected chi connectivity index (χ0v) is 11.2. The smallest absolute Gasteiger partial charge is 0.246 e. The van der Waals surface area contributed by atoms with E-state index >= 15 is 0 Å². The van der Waals surface area contributed by atoms with Gasteiger partial charge >= 0.3 is 0 Å². The van der Waals surface area contributed by atoms with Crippen molar-refractivity contribution in [2.24, 2.45) is 0 Å². The van der Waals surface area contributed by atoms with Gasteiger partial charge in [-0.05, 0) is 32.1 Å². The molecule has 2 heterocycles. The maximum atomic E-state index is 11.9. The quantitative estimate of drug-likeness (QED) is 0.793. The molecule has 0 unspecified atom stereocenters. The number of aromatic nitrogens is 1. The van der Waals surface area contributed by atoms with E-state index < -0.39 is 0 Å². The number of hydrogen-bond acceptors (Lipinski definition) is 4. The molecule has 2 aromatic rings. The van der Waals surface area contributed by atoms with Crippen molar-refractivity contribution in [2.45, 2.75) is 20.4 Å². The summed E-state index contributed by atoms with van der Waals surface area (Å²) in [7, 11) is 1.71. The fourth-order valence-corrected chi connectivity index (χ4v) is 1.64. The van der Waals surface area contributed by atoms with Crippen LogP contribution in [0.4, 0.5) is 0 Å². The Kier molecular flexibility index (Phi) is 3.85. The van der Waals surface area contributed by atoms with Crippen molar-refractivity contribution >= 4 is 12.0 Å². The van der Waals surface area contributed by atoms with Gasteiger partial charge in [0.25, 0.3) is 0 Å². The van der Waals surface area contributed by atoms with Crippen molar-refractivity contribution in [1.82, 2.24) is 10.1 Å². The third-order valence-corrected chi connectivity index (χ3v) is 2.60. The molecule has 0 fully saturated rings. The van der Waals surface area contributed by atoms with E-state index in [9.17, 15) is 4.79 Å². The van der Waals surface area contributed by atoms with Crippen molar-refractivity contribution < 1.29 is 13.7 Å². The highest BCUT2D eigenvalue weighted by Crippen LogP contribution is 2.09. The minimum absolute atomic E-state index is 0.116. The van der Waals surface area contributed by atoms with E-state index in [4.69, 9.17) is 8.94 Å². The Bertz CT molecular complexity index is 595. The van der Waals surface area contributed by atoms with Gasteiger partial charge in [0.05, 0.1) is 6.54 Å². The second-order valence-corrected chi connectivity index (χ2v) is 4.40. The summed E-state index contributed by atoms with van der Waals surface area (Å²) in [5.74, 6) is 2.10. The van der Waals surface area contributed by atoms with Gasteiger partial charge in [-0.1, -0.05) is 5.16 Å². The van der Waals surface area contributed by atoms with Crippen molar-refractivity contribution in [1.29, 1.82) is 0 Å². The van der Waals surface area contributed by atoms with Gasteiger partial charge in [-0.25, -0.2) is 0 Å². The van der Waals surface area contributed by atoms with Gasteiger partial charge in [0, 0.05) is 19.2 Å². The molecule has 5 heteroatoms. The fourth-order valence-electron chi connectivity index (χ4n) is 1.64. The zero-order valence-electron chi connectivity index (χ0n) is 11.2. The molecule has 0 aliphatic carbocycles. The Morgan fingerprint density at radius 2 is 2.16 bits per heavy atom. The molecule has 100 valence electrons. The standard InChI is InChI=1S/C14H16N2O3/c1-10-4-5-13(18-10)6-7-14(17)16(3)9-12-8-11(2)19-15-12/h4-8H,9H2,1-3H3. The maximum Gasteiger partial charge on any atom is 0.246 e. The Morgan fingerprint density at radius 1 is 1.37 bits per heavy atom. The molecule has 0 atom stereocenters. The average molecular weight is 260 g/mol. The lowest BCUT2D eigenvalue weighted by molar-refractivity contribution is -0.125. The lowest BCUT2D eigenvalue weighted by atomic mass is 10.3. The van der Waals surface area contributed by atoms with Gasteiger partial charge in [-0.3, -0.25) is 4.79 Å². The van der Waals surface area contributed by atoms with Crippen molar-refractivity contribution in [3.63, 3.8) is 0 Å². The first-order valence-corrected chi connectivity index (χ1v) is 5.96. The summed E-state index contributed by atoms with van der Waals surface area (Å²) < 4.78 is 10.3. The Hall–Kier alpha value is -2.30. The van der Waals surface area contributed by atoms with E-state index in [1.54, 1.807) is 18.0 Å². The molecule has 1 amide bonds. The van der Waals surface area contributed by atoms with Crippen LogP contribution in [0.15, 0.2) is 33.2 Å². The highest BCUT2D eigenvalue weighted by Gasteiger charge is 2.09. The molecule has 0 aliphatic heterocycles. The summed E-state index contributed by atoms with van der Waals surface area (Å²) in [5.41, 5.74) is 0.732. The SMILES string of the molecule is Cc1cc(CN(C)C(=O)C=Cc2ccc(C)o2)no1. The lowest BCUT2D eigenvalue weighted by Crippen LogP contribution is -2.24. The van der Waals surface area contributed by atoms with Crippen LogP contribution in [0.5, 0.6) is 0 Å². The molecule has 0 bridgehead atoms. The first-order valence-electron chi connectivity index (χ1n) is 5.96. The molecular formula is C14H16N2O3. The number of hydrogen-bond donors (Lipinski definition) is 0. The van der Waals surface area contributed by atoms with E-state index in [0.29, 0.717) is 12.3 Å². The number of amides is 1. The van der Waals surface area contributed by atoms with Crippen LogP contribution in [0.3, 0.4) is 0 Å². The summed E-state index contributed by atoms with van der Waals surface area (Å²) in [6.45, 7) is 4.09. The molecule has 0 radical (unpaired) electrons. The second kappa shape index (κ2) is 5.56. The maximum absolute atomic E-state index is 11.9. The zero-order chi connectivity index (χ0) is 13.8. The van der Waals surface area contributed by atoms with Crippen LogP contribution in [0, 0.1) is 13.8 Å². The molecule has 0 aromatic carbocycles. The molecule has 19 heavy (non-hydrogen) atoms. The van der Waals surface area contributed by atoms with Gasteiger partial charge in [0.2, 0.25) is 5.91 Å². The molecule has 0 N–H and O–H groups in total. The highest BCUT2D eigenvalue weighted by molar-refractivity contribution is 5.91. The highest BCUT2D eigenvalue weighted by atomic mass is 16.5. The number of aryl methyl sites for hydroxylation is 2. The third-order valence-electron chi connectivity index (χ3n) is 2.60. The van der Waals surface area contributed by atoms with Gasteiger partial charge in [0.15, 0.2) is 0 Å². The first-order chi connectivity index (χ1) is 9.04. The van der Waals surface area contributed by atoms with Gasteiger partial charge in [-0.15, -0.1) is 0 Å². The van der Waals surface area contributed by atoms with Gasteiger partial charge in [-0.2, -0.15) is 0 Å². The molecule has 0 aliphatic rings. The summed E-state index contributed by atoms with van der Waals surface area (Å²) in [5, 5.41) is 3.85. The monoisotopic (exact) mass is 260 g/mol. The predicted octanol–water partition coefficient (Wildman–Crippen LogP) is 2.56. The van der Waals surface area contributed by atoms with Crippen LogP contribution < -0.4 is 0 Å². The Labute approximate surface area is 111 Å². The fraction of sp³-hybridized carbons (Fsp3) is 0.286. The van der Waals surface area contributed by atoms with Crippen molar-refractivity contribution in [2.75, 3.05) is 7.05 Å². The van der Waals surface area contributed by atoms with E-state index in [1.807, 2.05) is 32.0 Å². The summed E-state index contributed by atoms with van der Waals surface area (Å²) in [4.78, 5) is 13.4. The number of rotatable bonds is 4. The van der Waals surface area contributed by atoms with E-state index in [1.165, 1.54) is 6.08 Å². The van der Waals surface area contributed by atoms with Crippen LogP contribution in [0.1, 0.15) is 23.0 Å². The Morgan fingerprint density at radius 3 is 2.74 bits per heavy atom. The van der Waals surface area contributed by atoms with Gasteiger partial charge in [0.1, 0.15) is 23.0 Å². The van der Waals surface area contributed by atoms with Crippen molar-refractivity contribution in [3.05, 3.63) is 47.2 Å². The largest absolute Gasteiger partial charge is 0.462 e. The average Bonchev–Trinajstić information content (AvgIpc) is 2.95. The molecule has 0 saturated heterocycles. The summed E-state index contributed by atoms with van der Waals surface area (Å²) in [6.07, 6.45) is 3.13. The van der Waals surface area contributed by atoms with Crippen molar-refractivity contribution in [3.8, 4) is 0 Å². The van der Waals surface area contributed by atoms with Crippen LogP contribution in [0.2, 0.25) is 0 Å². The van der Waals surface area contributed by atoms with Crippen LogP contribution in [0.25, 0.3) is 6.08 Å². The number of furan rings is 1. The molecular weight excluding hydrogens is 244 g/mol. The topological polar surface area (TPSA) is 59.5 Å². The minimum Gasteiger partial charge on any atom is -0.462 e. The van der Waals surface area contributed by atoms with E-state index in [-0.39, 0.29) is 5.91 Å². The number of carbonyl (C=O) groups is 1. The van der Waals surface area contributed by atoms with Crippen LogP contribution >= 0.6 is 0 Å². The summed E-state index contributed by atoms with van der Waals surface area (Å²) >= 11 is 0. The molecule has 2 aromatic heterocycles. The molecule has 0 spiro atoms. The molecule has 2 rings (SSSR count). The summed E-state index contributed by atoms with van der Waals surface area (Å²) in [6, 6.07) is 5.48. The van der Waals surface area contributed by atoms with Gasteiger partial charge < -0.3 is 13.8 Å². The number of carbonyl (C=O) groups excluding carboxylic acids is 1. The first kappa shape index (κ1) is 13.1. The number of likely N-dealkylation sites (N-methyl/N-ethyl adjacent to an activating group) is 1. The molecule has 0 saturated carbocycles. The third kappa shape index (κ3) is 3.58. The van der Waals surface area contributed by atoms with Crippen LogP contribution in [-0.2, 0) is 11.3 Å². The minimum atomic E-state index is -0.116. The van der Waals surface area contributed by atoms with Crippen LogP contribution in [-0.4, -0.2) is 23.0 Å². The van der Waals surface area contributed by atoms with E-state index in [0.717, 1.165) is 17.2 Å². The normalized spacial score (nSPS) is 11.1. The van der Waals surface area contributed by atoms with E-state index in [2.05, 4.69) is 5.16 Å². The second-order valence-electron chi connectivity index (χ2n) is 4.40. The lowest BCUT2D eigenvalue weighted by Gasteiger charge is -2.12. The number of nitrogens with zero attached hydrogens (tertiary/aromatic N) is 2. The Balaban J connectivity index is 1.94. The predicted molar refractivity (Wildman–Crippen MR) is 70.2 cm³/mol. The molecule has 5 nitrogen and oxygen atoms in total.